The number of hydrogen-bond donors (Lipinski definition) is 7. The molecule has 648 valence electrons. The molecule has 9 heterocycles. The van der Waals surface area contributed by atoms with Crippen LogP contribution >= 0.6 is 49.2 Å². The molecular formula is C75H116B4BrClCs2FIN9NaO22S2. The molecule has 44 heteroatoms. The van der Waals surface area contributed by atoms with E-state index in [0.29, 0.717) is 86.4 Å². The summed E-state index contributed by atoms with van der Waals surface area (Å²) in [6.45, 7) is 30.4. The Bertz CT molecular complexity index is 4420. The summed E-state index contributed by atoms with van der Waals surface area (Å²) in [5.41, 5.74) is 19.2. The van der Waals surface area contributed by atoms with Crippen LogP contribution in [-0.4, -0.2) is 216 Å². The van der Waals surface area contributed by atoms with Gasteiger partial charge in [-0.3, -0.25) is 18.2 Å². The Morgan fingerprint density at radius 2 is 1.13 bits per heavy atom. The monoisotopic (exact) mass is 2150 g/mol. The fraction of sp³-hybridized carbons (Fsp3) is 0.560. The van der Waals surface area contributed by atoms with E-state index in [-0.39, 0.29) is 245 Å². The second-order valence-corrected chi connectivity index (χ2v) is 34.7. The van der Waals surface area contributed by atoms with E-state index < -0.39 is 55.8 Å². The van der Waals surface area contributed by atoms with E-state index in [2.05, 4.69) is 68.4 Å². The summed E-state index contributed by atoms with van der Waals surface area (Å²) in [5.74, 6) is 0.837. The maximum absolute atomic E-state index is 11.9. The Kier molecular flexibility index (Phi) is 61.7. The first kappa shape index (κ1) is 122. The third-order valence-electron chi connectivity index (χ3n) is 18.0. The van der Waals surface area contributed by atoms with E-state index in [4.69, 9.17) is 108 Å². The molecule has 5 aliphatic rings. The number of nitrogen functional groups attached to an aromatic ring is 3. The van der Waals surface area contributed by atoms with Gasteiger partial charge in [0.05, 0.1) is 96.5 Å². The normalized spacial score (nSPS) is 15.8. The van der Waals surface area contributed by atoms with Gasteiger partial charge >= 0.3 is 174 Å². The Labute approximate surface area is 875 Å². The zero-order chi connectivity index (χ0) is 86.1. The molecule has 0 bridgehead atoms. The number of rotatable bonds is 11. The van der Waals surface area contributed by atoms with Crippen molar-refractivity contribution in [2.24, 2.45) is 0 Å². The number of alkyl halides is 1. The van der Waals surface area contributed by atoms with E-state index >= 15 is 0 Å². The molecule has 0 atom stereocenters. The van der Waals surface area contributed by atoms with Crippen molar-refractivity contribution >= 4 is 168 Å². The van der Waals surface area contributed by atoms with Crippen LogP contribution in [0, 0.1) is 17.5 Å². The van der Waals surface area contributed by atoms with Crippen LogP contribution in [0.15, 0.2) is 114 Å². The molecule has 5 fully saturated rings. The maximum atomic E-state index is 11.9. The van der Waals surface area contributed by atoms with Gasteiger partial charge < -0.3 is 92.4 Å². The third kappa shape index (κ3) is 44.8. The van der Waals surface area contributed by atoms with Crippen molar-refractivity contribution < 1.29 is 279 Å². The van der Waals surface area contributed by atoms with E-state index in [1.54, 1.807) is 91.8 Å². The van der Waals surface area contributed by atoms with Crippen molar-refractivity contribution in [2.45, 2.75) is 225 Å². The number of fused-ring (bicyclic) bond motifs is 3. The number of ketones is 1. The predicted octanol–water partition coefficient (Wildman–Crippen LogP) is 1.50. The second-order valence-electron chi connectivity index (χ2n) is 28.6. The summed E-state index contributed by atoms with van der Waals surface area (Å²) < 4.78 is 118. The number of oxazole rings is 2. The number of aliphatic hydroxyl groups is 4. The zero-order valence-electron chi connectivity index (χ0n) is 72.7. The number of nitrogens with two attached hydrogens (primary N) is 3. The van der Waals surface area contributed by atoms with Crippen LogP contribution in [0.3, 0.4) is 0 Å². The summed E-state index contributed by atoms with van der Waals surface area (Å²) in [6, 6.07) is 25.0. The average Bonchev–Trinajstić information content (AvgIpc) is 1.62. The van der Waals surface area contributed by atoms with Gasteiger partial charge in [-0.05, 0) is 218 Å². The van der Waals surface area contributed by atoms with Crippen LogP contribution in [0.2, 0.25) is 0 Å². The molecule has 31 nitrogen and oxygen atoms in total. The van der Waals surface area contributed by atoms with Crippen LogP contribution < -0.4 is 195 Å². The minimum atomic E-state index is -3.63. The number of aryl methyl sites for hydroxylation is 2. The number of carbonyl (C=O) groups is 2. The molecule has 8 aromatic rings. The number of ether oxygens (including phenoxy) is 4. The Hall–Kier alpha value is -0.916. The zero-order valence-corrected chi connectivity index (χ0v) is 90.4. The number of Topliss-reactive ketones (excluding diaryl/α,β-unsaturated/α-hetero) is 1. The van der Waals surface area contributed by atoms with Crippen LogP contribution in [0.5, 0.6) is 0 Å². The molecule has 0 amide bonds. The minimum absolute atomic E-state index is 0. The van der Waals surface area contributed by atoms with Gasteiger partial charge in [0.1, 0.15) is 32.7 Å². The van der Waals surface area contributed by atoms with Crippen LogP contribution in [0.1, 0.15) is 171 Å². The number of nitrogens with zero attached hydrogens (tertiary/aromatic N) is 6. The molecule has 119 heavy (non-hydrogen) atoms. The third-order valence-corrected chi connectivity index (χ3v) is 22.0. The molecule has 5 saturated heterocycles. The van der Waals surface area contributed by atoms with Gasteiger partial charge in [0.2, 0.25) is 7.37 Å². The molecule has 6 radical (unpaired) electrons. The first-order chi connectivity index (χ1) is 53.1. The molecular weight excluding hydrogens is 2040 g/mol. The van der Waals surface area contributed by atoms with Crippen LogP contribution in [0.4, 0.5) is 22.2 Å². The van der Waals surface area contributed by atoms with Crippen molar-refractivity contribution in [1.29, 1.82) is 0 Å². The molecule has 0 aliphatic carbocycles. The largest absolute Gasteiger partial charge is 1.00 e. The fourth-order valence-corrected chi connectivity index (χ4v) is 12.2. The summed E-state index contributed by atoms with van der Waals surface area (Å²) in [5, 5.41) is 50.3. The number of halogens is 4. The standard InChI is InChI=1S/C13H17BN2O3.C12H16O4S.C10H12IN5O.C7H5BrN2O.C7H7ClO2S.C6H13B2O2.C6H14O2.C5H10O2.C5H8O2.CH3F.CH2O3.2CH4.B.2Cs.Na.2H/c1-12(2)13(3,4)19-14(18-12)8-5-6-10-9(7-8)16-11(15)17-10;1-10-2-4-12(5-3-10)17(13,14)16-11-6-8-15-9-7-11;11-8-7-9(12)13-5-14-10(7)16(15-8)6-1-3-17-4-2-6;8-4-1-2-6-5(3-4)10-7(9)11-6;1-6-2-4-7(5-3-6)11(8,9)10;1-5(2,9)6(3,4)10-8-7;1-5(2,7)6(3,4)8;2*6-5-1-3-7-4-2-5;1-2;2-1-4-3;;;;;;;;/h5-7H,1-4H3,(H2,15,16);2-5,11H,6-9H2,1H3;5-6H,1-4H2,(H2,12,13,14);1-3H,(H2,9,10);2-5H,1H3;9H,1-4H3;7-8H,1-4H3;5-6H,1-4H2;1-4H2;1H3;1,3H;2*1H4;;;;;;/q;;;;;;;;;;;;;;3*+1;2*-1/p-1/i;;;;;;;;;1D;;;;;;;;;. The van der Waals surface area contributed by atoms with Crippen LogP contribution in [0.25, 0.3) is 33.2 Å². The Morgan fingerprint density at radius 1 is 0.723 bits per heavy atom. The number of anilines is 3. The van der Waals surface area contributed by atoms with E-state index in [0.717, 1.165) is 101 Å². The SMILES string of the molecule is C.C.CC(C)(O)C(C)(C)O.CC1(C)OB(c2ccc3oc(N)nc3c2)OC1(C)C.Cc1ccc(S(=O)(=O)Cl)cc1.Cc1ccc(S(=O)(=O)OC2CCOCC2)cc1.Nc1nc2cc(Br)ccc2o1.Nc1ncnc2c1c(I)nn2C1CCOCC1.O=C1CCOCC1.O=CO[O-].OC1CCOCC1.[2H]CF.[B].[B][B]OC(C)(C)C(C)(C)O.[Cs+].[Cs+].[H-].[H-].[Na+]. The van der Waals surface area contributed by atoms with Gasteiger partial charge in [-0.2, -0.15) is 23.5 Å². The number of carbonyl (C=O) groups excluding carboxylic acids is 2. The van der Waals surface area contributed by atoms with Crippen molar-refractivity contribution in [3.8, 4) is 0 Å². The summed E-state index contributed by atoms with van der Waals surface area (Å²) >= 11 is 5.50. The number of hydrogen-bond acceptors (Lipinski definition) is 30. The van der Waals surface area contributed by atoms with Gasteiger partial charge in [0.25, 0.3) is 37.7 Å². The molecule has 0 unspecified atom stereocenters. The summed E-state index contributed by atoms with van der Waals surface area (Å²) in [4.78, 5) is 38.4. The molecule has 0 spiro atoms. The average molecular weight is 2150 g/mol. The van der Waals surface area contributed by atoms with Gasteiger partial charge in [-0.1, -0.05) is 72.2 Å². The molecule has 0 saturated carbocycles. The Balaban J connectivity index is -0.000000310. The minimum Gasteiger partial charge on any atom is -1.00 e. The van der Waals surface area contributed by atoms with Gasteiger partial charge in [-0.15, -0.1) is 0 Å². The fourth-order valence-electron chi connectivity index (χ4n) is 9.15. The maximum Gasteiger partial charge on any atom is 1.00 e. The van der Waals surface area contributed by atoms with Crippen molar-refractivity contribution in [2.75, 3.05) is 77.2 Å². The first-order valence-corrected chi connectivity index (χ1v) is 41.1. The second kappa shape index (κ2) is 60.1. The summed E-state index contributed by atoms with van der Waals surface area (Å²) in [7, 11) is 2.66. The molecule has 4 aromatic heterocycles. The quantitative estimate of drug-likeness (QED) is 0.0183. The number of aliphatic hydroxyl groups excluding tert-OH is 1. The predicted molar refractivity (Wildman–Crippen MR) is 462 cm³/mol. The van der Waals surface area contributed by atoms with E-state index in [1.165, 1.54) is 18.5 Å². The van der Waals surface area contributed by atoms with Crippen LogP contribution in [-0.2, 0) is 70.7 Å². The van der Waals surface area contributed by atoms with E-state index in [9.17, 15) is 31.1 Å². The Morgan fingerprint density at radius 3 is 1.51 bits per heavy atom. The van der Waals surface area contributed by atoms with Gasteiger partial charge in [0, 0.05) is 76.1 Å². The van der Waals surface area contributed by atoms with Crippen molar-refractivity contribution in [1.82, 2.24) is 29.7 Å². The summed E-state index contributed by atoms with van der Waals surface area (Å²) in [6.07, 6.45) is 7.23. The van der Waals surface area contributed by atoms with Crippen molar-refractivity contribution in [3.63, 3.8) is 0 Å². The smallest absolute Gasteiger partial charge is 1.00 e. The number of benzene rings is 4. The first-order valence-electron chi connectivity index (χ1n) is 36.2. The molecule has 10 N–H and O–H groups in total. The molecule has 4 aromatic carbocycles. The van der Waals surface area contributed by atoms with Crippen molar-refractivity contribution in [3.05, 3.63) is 111 Å². The van der Waals surface area contributed by atoms with Gasteiger partial charge in [-0.25, -0.2) is 23.1 Å². The molecule has 5 aliphatic heterocycles. The van der Waals surface area contributed by atoms with Gasteiger partial charge in [0.15, 0.2) is 16.8 Å². The van der Waals surface area contributed by atoms with E-state index in [1.807, 2.05) is 82.6 Å². The topological polar surface area (TPSA) is 463 Å². The number of aromatic nitrogens is 6. The molecule has 13 rings (SSSR count).